The van der Waals surface area contributed by atoms with E-state index < -0.39 is 6.36 Å². The predicted octanol–water partition coefficient (Wildman–Crippen LogP) is 2.64. The molecule has 4 nitrogen and oxygen atoms in total. The Hall–Kier alpha value is -2.31. The molecule has 2 rings (SSSR count). The van der Waals surface area contributed by atoms with Crippen LogP contribution in [0, 0.1) is 0 Å². The smallest absolute Gasteiger partial charge is 0.406 e. The molecule has 1 heterocycles. The van der Waals surface area contributed by atoms with Crippen LogP contribution in [0.5, 0.6) is 5.75 Å². The minimum absolute atomic E-state index is 0.268. The lowest BCUT2D eigenvalue weighted by Crippen LogP contribution is -2.17. The molecule has 0 fully saturated rings. The molecule has 2 aromatic rings. The van der Waals surface area contributed by atoms with Crippen LogP contribution < -0.4 is 4.74 Å². The average Bonchev–Trinajstić information content (AvgIpc) is 2.77. The molecule has 0 radical (unpaired) electrons. The van der Waals surface area contributed by atoms with Crippen molar-refractivity contribution in [3.8, 4) is 5.75 Å². The summed E-state index contributed by atoms with van der Waals surface area (Å²) in [7, 11) is 0. The fraction of sp³-hybridized carbons (Fsp3) is 0.167. The summed E-state index contributed by atoms with van der Waals surface area (Å²) < 4.78 is 41.3. The van der Waals surface area contributed by atoms with E-state index in [4.69, 9.17) is 0 Å². The van der Waals surface area contributed by atoms with Gasteiger partial charge in [-0.2, -0.15) is 0 Å². The first-order chi connectivity index (χ1) is 8.96. The summed E-state index contributed by atoms with van der Waals surface area (Å²) in [5.74, 6) is -0.268. The van der Waals surface area contributed by atoms with Gasteiger partial charge in [0, 0.05) is 12.7 Å². The van der Waals surface area contributed by atoms with Crippen LogP contribution in [0.2, 0.25) is 0 Å². The van der Waals surface area contributed by atoms with Crippen molar-refractivity contribution >= 4 is 6.29 Å². The van der Waals surface area contributed by atoms with Gasteiger partial charge in [-0.25, -0.2) is 4.98 Å². The molecule has 100 valence electrons. The highest BCUT2D eigenvalue weighted by molar-refractivity contribution is 5.70. The fourth-order valence-electron chi connectivity index (χ4n) is 1.53. The van der Waals surface area contributed by atoms with Crippen molar-refractivity contribution in [3.63, 3.8) is 0 Å². The summed E-state index contributed by atoms with van der Waals surface area (Å²) in [6.45, 7) is 0.410. The van der Waals surface area contributed by atoms with E-state index in [1.54, 1.807) is 10.8 Å². The van der Waals surface area contributed by atoms with E-state index in [0.29, 0.717) is 18.5 Å². The highest BCUT2D eigenvalue weighted by Crippen LogP contribution is 2.22. The molecule has 0 aliphatic carbocycles. The van der Waals surface area contributed by atoms with Crippen LogP contribution in [0.3, 0.4) is 0 Å². The van der Waals surface area contributed by atoms with Crippen molar-refractivity contribution in [2.24, 2.45) is 0 Å². The maximum Gasteiger partial charge on any atom is 0.573 e. The fourth-order valence-corrected chi connectivity index (χ4v) is 1.53. The molecule has 19 heavy (non-hydrogen) atoms. The van der Waals surface area contributed by atoms with Gasteiger partial charge in [-0.15, -0.1) is 13.2 Å². The van der Waals surface area contributed by atoms with Gasteiger partial charge in [-0.3, -0.25) is 4.79 Å². The van der Waals surface area contributed by atoms with Gasteiger partial charge in [0.1, 0.15) is 11.4 Å². The summed E-state index contributed by atoms with van der Waals surface area (Å²) in [5.41, 5.74) is 1.07. The van der Waals surface area contributed by atoms with E-state index in [1.807, 2.05) is 0 Å². The zero-order chi connectivity index (χ0) is 13.9. The summed E-state index contributed by atoms with van der Waals surface area (Å²) in [5, 5.41) is 0. The SMILES string of the molecule is O=Cc1cn(Cc2ccc(OC(F)(F)F)cc2)cn1. The molecule has 0 saturated heterocycles. The van der Waals surface area contributed by atoms with Gasteiger partial charge >= 0.3 is 6.36 Å². The van der Waals surface area contributed by atoms with E-state index in [2.05, 4.69) is 9.72 Å². The highest BCUT2D eigenvalue weighted by atomic mass is 19.4. The molecule has 7 heteroatoms. The van der Waals surface area contributed by atoms with Crippen molar-refractivity contribution < 1.29 is 22.7 Å². The second-order valence-electron chi connectivity index (χ2n) is 3.78. The van der Waals surface area contributed by atoms with Crippen LogP contribution >= 0.6 is 0 Å². The number of rotatable bonds is 4. The molecule has 1 aromatic carbocycles. The van der Waals surface area contributed by atoms with Crippen molar-refractivity contribution in [2.75, 3.05) is 0 Å². The zero-order valence-electron chi connectivity index (χ0n) is 9.59. The molecule has 0 N–H and O–H groups in total. The van der Waals surface area contributed by atoms with Crippen LogP contribution in [0.4, 0.5) is 13.2 Å². The topological polar surface area (TPSA) is 44.1 Å². The summed E-state index contributed by atoms with van der Waals surface area (Å²) >= 11 is 0. The van der Waals surface area contributed by atoms with E-state index in [0.717, 1.165) is 5.56 Å². The molecular formula is C12H9F3N2O2. The maximum absolute atomic E-state index is 12.0. The van der Waals surface area contributed by atoms with Crippen LogP contribution in [0.1, 0.15) is 16.1 Å². The minimum Gasteiger partial charge on any atom is -0.406 e. The Morgan fingerprint density at radius 2 is 1.95 bits per heavy atom. The third-order valence-electron chi connectivity index (χ3n) is 2.30. The third-order valence-corrected chi connectivity index (χ3v) is 2.30. The molecular weight excluding hydrogens is 261 g/mol. The Bertz CT molecular complexity index is 561. The summed E-state index contributed by atoms with van der Waals surface area (Å²) in [4.78, 5) is 14.3. The number of carbonyl (C=O) groups excluding carboxylic acids is 1. The quantitative estimate of drug-likeness (QED) is 0.802. The number of benzene rings is 1. The first-order valence-electron chi connectivity index (χ1n) is 5.28. The van der Waals surface area contributed by atoms with E-state index in [1.165, 1.54) is 30.6 Å². The Morgan fingerprint density at radius 3 is 2.47 bits per heavy atom. The Labute approximate surface area is 106 Å². The van der Waals surface area contributed by atoms with Crippen molar-refractivity contribution in [3.05, 3.63) is 48.0 Å². The Balaban J connectivity index is 2.04. The van der Waals surface area contributed by atoms with Gasteiger partial charge in [0.2, 0.25) is 0 Å². The lowest BCUT2D eigenvalue weighted by Gasteiger charge is -2.09. The lowest BCUT2D eigenvalue weighted by molar-refractivity contribution is -0.274. The molecule has 1 aromatic heterocycles. The number of nitrogens with zero attached hydrogens (tertiary/aromatic N) is 2. The van der Waals surface area contributed by atoms with Crippen LogP contribution in [0.25, 0.3) is 0 Å². The molecule has 0 amide bonds. The number of halogens is 3. The lowest BCUT2D eigenvalue weighted by atomic mass is 10.2. The zero-order valence-corrected chi connectivity index (χ0v) is 9.59. The molecule has 0 spiro atoms. The van der Waals surface area contributed by atoms with Crippen molar-refractivity contribution in [1.29, 1.82) is 0 Å². The summed E-state index contributed by atoms with van der Waals surface area (Å²) in [6, 6.07) is 5.50. The van der Waals surface area contributed by atoms with Gasteiger partial charge < -0.3 is 9.30 Å². The number of aldehydes is 1. The first kappa shape index (κ1) is 13.1. The normalized spacial score (nSPS) is 11.3. The maximum atomic E-state index is 12.0. The monoisotopic (exact) mass is 270 g/mol. The second-order valence-corrected chi connectivity index (χ2v) is 3.78. The summed E-state index contributed by atoms with van der Waals surface area (Å²) in [6.07, 6.45) is -1.04. The van der Waals surface area contributed by atoms with Gasteiger partial charge in [0.25, 0.3) is 0 Å². The second kappa shape index (κ2) is 5.13. The van der Waals surface area contributed by atoms with Crippen LogP contribution in [-0.2, 0) is 6.54 Å². The largest absolute Gasteiger partial charge is 0.573 e. The molecule has 0 saturated carbocycles. The Kier molecular flexibility index (Phi) is 3.55. The van der Waals surface area contributed by atoms with Gasteiger partial charge in [0.05, 0.1) is 6.33 Å². The average molecular weight is 270 g/mol. The van der Waals surface area contributed by atoms with Gasteiger partial charge in [0.15, 0.2) is 6.29 Å². The minimum atomic E-state index is -4.69. The van der Waals surface area contributed by atoms with Crippen LogP contribution in [-0.4, -0.2) is 22.2 Å². The van der Waals surface area contributed by atoms with E-state index >= 15 is 0 Å². The first-order valence-corrected chi connectivity index (χ1v) is 5.28. The van der Waals surface area contributed by atoms with Crippen LogP contribution in [0.15, 0.2) is 36.8 Å². The highest BCUT2D eigenvalue weighted by Gasteiger charge is 2.30. The standard InChI is InChI=1S/C12H9F3N2O2/c13-12(14,15)19-11-3-1-9(2-4-11)5-17-6-10(7-18)16-8-17/h1-4,6-8H,5H2. The number of alkyl halides is 3. The number of hydrogen-bond donors (Lipinski definition) is 0. The molecule has 0 bridgehead atoms. The number of hydrogen-bond acceptors (Lipinski definition) is 3. The molecule has 0 atom stereocenters. The number of imidazole rings is 1. The molecule has 0 unspecified atom stereocenters. The van der Waals surface area contributed by atoms with Crippen molar-refractivity contribution in [2.45, 2.75) is 12.9 Å². The predicted molar refractivity (Wildman–Crippen MR) is 59.8 cm³/mol. The number of carbonyl (C=O) groups is 1. The molecule has 0 aliphatic rings. The van der Waals surface area contributed by atoms with Crippen molar-refractivity contribution in [1.82, 2.24) is 9.55 Å². The number of aromatic nitrogens is 2. The van der Waals surface area contributed by atoms with E-state index in [-0.39, 0.29) is 5.75 Å². The number of ether oxygens (including phenoxy) is 1. The van der Waals surface area contributed by atoms with Gasteiger partial charge in [-0.05, 0) is 17.7 Å². The van der Waals surface area contributed by atoms with E-state index in [9.17, 15) is 18.0 Å². The van der Waals surface area contributed by atoms with Gasteiger partial charge in [-0.1, -0.05) is 12.1 Å². The Morgan fingerprint density at radius 1 is 1.26 bits per heavy atom. The molecule has 0 aliphatic heterocycles. The third kappa shape index (κ3) is 3.84.